The first-order valence-corrected chi connectivity index (χ1v) is 6.85. The number of nitrogens with one attached hydrogen (secondary N) is 1. The minimum Gasteiger partial charge on any atom is -0.396 e. The van der Waals surface area contributed by atoms with E-state index < -0.39 is 0 Å². The van der Waals surface area contributed by atoms with Crippen molar-refractivity contribution in [3.8, 4) is 0 Å². The SMILES string of the molecule is O=C(C1CNC1)N1C[C@@H](CO)C2(CCCC2)C1. The Labute approximate surface area is 102 Å². The summed E-state index contributed by atoms with van der Waals surface area (Å²) in [6, 6.07) is 0. The fourth-order valence-corrected chi connectivity index (χ4v) is 3.82. The summed E-state index contributed by atoms with van der Waals surface area (Å²) in [7, 11) is 0. The van der Waals surface area contributed by atoms with E-state index in [0.29, 0.717) is 11.8 Å². The summed E-state index contributed by atoms with van der Waals surface area (Å²) in [5.74, 6) is 0.832. The molecule has 2 aliphatic heterocycles. The van der Waals surface area contributed by atoms with Gasteiger partial charge in [-0.25, -0.2) is 0 Å². The molecule has 17 heavy (non-hydrogen) atoms. The Bertz CT molecular complexity index is 309. The Morgan fingerprint density at radius 1 is 1.35 bits per heavy atom. The predicted octanol–water partition coefficient (Wildman–Crippen LogP) is 0.217. The molecule has 0 aromatic carbocycles. The number of carbonyl (C=O) groups excluding carboxylic acids is 1. The van der Waals surface area contributed by atoms with Gasteiger partial charge in [0.15, 0.2) is 0 Å². The Morgan fingerprint density at radius 2 is 2.06 bits per heavy atom. The first-order chi connectivity index (χ1) is 8.25. The highest BCUT2D eigenvalue weighted by atomic mass is 16.3. The van der Waals surface area contributed by atoms with Crippen molar-refractivity contribution in [2.45, 2.75) is 25.7 Å². The van der Waals surface area contributed by atoms with Crippen molar-refractivity contribution in [2.24, 2.45) is 17.3 Å². The number of carbonyl (C=O) groups is 1. The molecule has 4 heteroatoms. The van der Waals surface area contributed by atoms with Gasteiger partial charge in [-0.2, -0.15) is 0 Å². The van der Waals surface area contributed by atoms with Crippen LogP contribution in [0.4, 0.5) is 0 Å². The normalized spacial score (nSPS) is 32.1. The Hall–Kier alpha value is -0.610. The van der Waals surface area contributed by atoms with Crippen LogP contribution < -0.4 is 5.32 Å². The molecule has 1 aliphatic carbocycles. The third-order valence-corrected chi connectivity index (χ3v) is 5.07. The Morgan fingerprint density at radius 3 is 2.59 bits per heavy atom. The lowest BCUT2D eigenvalue weighted by Crippen LogP contribution is -2.51. The molecule has 3 aliphatic rings. The standard InChI is InChI=1S/C13H22N2O2/c16-8-11-7-15(12(17)10-5-14-6-10)9-13(11)3-1-2-4-13/h10-11,14,16H,1-9H2/t11-/m0/s1. The molecule has 0 aromatic heterocycles. The first kappa shape index (κ1) is 11.5. The molecule has 0 bridgehead atoms. The summed E-state index contributed by atoms with van der Waals surface area (Å²) < 4.78 is 0. The molecule has 2 heterocycles. The average molecular weight is 238 g/mol. The van der Waals surface area contributed by atoms with Crippen LogP contribution >= 0.6 is 0 Å². The molecule has 0 unspecified atom stereocenters. The predicted molar refractivity (Wildman–Crippen MR) is 64.4 cm³/mol. The van der Waals surface area contributed by atoms with Gasteiger partial charge in [-0.15, -0.1) is 0 Å². The smallest absolute Gasteiger partial charge is 0.228 e. The zero-order valence-corrected chi connectivity index (χ0v) is 10.3. The van der Waals surface area contributed by atoms with Crippen LogP contribution in [0.15, 0.2) is 0 Å². The third kappa shape index (κ3) is 1.78. The molecule has 96 valence electrons. The van der Waals surface area contributed by atoms with Crippen molar-refractivity contribution >= 4 is 5.91 Å². The van der Waals surface area contributed by atoms with E-state index in [1.165, 1.54) is 25.7 Å². The van der Waals surface area contributed by atoms with E-state index in [4.69, 9.17) is 0 Å². The van der Waals surface area contributed by atoms with Gasteiger partial charge in [-0.3, -0.25) is 4.79 Å². The maximum absolute atomic E-state index is 12.2. The summed E-state index contributed by atoms with van der Waals surface area (Å²) >= 11 is 0. The average Bonchev–Trinajstić information content (AvgIpc) is 2.84. The van der Waals surface area contributed by atoms with Crippen LogP contribution in [0.3, 0.4) is 0 Å². The van der Waals surface area contributed by atoms with Crippen molar-refractivity contribution in [1.29, 1.82) is 0 Å². The molecule has 1 saturated carbocycles. The van der Waals surface area contributed by atoms with E-state index in [1.54, 1.807) is 0 Å². The zero-order chi connectivity index (χ0) is 11.9. The van der Waals surface area contributed by atoms with Gasteiger partial charge < -0.3 is 15.3 Å². The monoisotopic (exact) mass is 238 g/mol. The van der Waals surface area contributed by atoms with E-state index in [-0.39, 0.29) is 17.9 Å². The maximum atomic E-state index is 12.2. The molecule has 0 radical (unpaired) electrons. The summed E-state index contributed by atoms with van der Waals surface area (Å²) in [5, 5.41) is 12.7. The van der Waals surface area contributed by atoms with Crippen molar-refractivity contribution in [1.82, 2.24) is 10.2 Å². The van der Waals surface area contributed by atoms with E-state index in [1.807, 2.05) is 4.90 Å². The largest absolute Gasteiger partial charge is 0.396 e. The van der Waals surface area contributed by atoms with E-state index in [2.05, 4.69) is 5.32 Å². The molecule has 3 fully saturated rings. The number of likely N-dealkylation sites (tertiary alicyclic amines) is 1. The van der Waals surface area contributed by atoms with Gasteiger partial charge in [-0.1, -0.05) is 12.8 Å². The Kier molecular flexibility index (Phi) is 2.87. The van der Waals surface area contributed by atoms with Crippen LogP contribution in [0.25, 0.3) is 0 Å². The highest BCUT2D eigenvalue weighted by Gasteiger charge is 2.49. The van der Waals surface area contributed by atoms with Crippen molar-refractivity contribution in [2.75, 3.05) is 32.8 Å². The van der Waals surface area contributed by atoms with Gasteiger partial charge in [0, 0.05) is 38.7 Å². The van der Waals surface area contributed by atoms with Crippen LogP contribution in [0.5, 0.6) is 0 Å². The lowest BCUT2D eigenvalue weighted by Gasteiger charge is -2.31. The second-order valence-corrected chi connectivity index (χ2v) is 6.02. The van der Waals surface area contributed by atoms with Crippen molar-refractivity contribution in [3.63, 3.8) is 0 Å². The van der Waals surface area contributed by atoms with Gasteiger partial charge in [0.1, 0.15) is 0 Å². The number of hydrogen-bond acceptors (Lipinski definition) is 3. The highest BCUT2D eigenvalue weighted by Crippen LogP contribution is 2.49. The molecule has 1 amide bonds. The molecule has 1 spiro atoms. The summed E-state index contributed by atoms with van der Waals surface area (Å²) in [6.45, 7) is 3.60. The first-order valence-electron chi connectivity index (χ1n) is 6.85. The fourth-order valence-electron chi connectivity index (χ4n) is 3.82. The lowest BCUT2D eigenvalue weighted by atomic mass is 9.77. The molecule has 2 N–H and O–H groups in total. The number of hydrogen-bond donors (Lipinski definition) is 2. The van der Waals surface area contributed by atoms with E-state index >= 15 is 0 Å². The van der Waals surface area contributed by atoms with Crippen LogP contribution in [-0.2, 0) is 4.79 Å². The molecule has 3 rings (SSSR count). The van der Waals surface area contributed by atoms with Crippen molar-refractivity contribution < 1.29 is 9.90 Å². The van der Waals surface area contributed by atoms with Gasteiger partial charge in [0.2, 0.25) is 5.91 Å². The number of amides is 1. The third-order valence-electron chi connectivity index (χ3n) is 5.07. The maximum Gasteiger partial charge on any atom is 0.228 e. The summed E-state index contributed by atoms with van der Waals surface area (Å²) in [4.78, 5) is 14.3. The van der Waals surface area contributed by atoms with E-state index in [9.17, 15) is 9.90 Å². The molecular weight excluding hydrogens is 216 g/mol. The van der Waals surface area contributed by atoms with Crippen LogP contribution in [0.1, 0.15) is 25.7 Å². The number of rotatable bonds is 2. The molecule has 4 nitrogen and oxygen atoms in total. The molecule has 1 atom stereocenters. The molecule has 0 aromatic rings. The molecular formula is C13H22N2O2. The summed E-state index contributed by atoms with van der Waals surface area (Å²) in [5.41, 5.74) is 0.252. The second-order valence-electron chi connectivity index (χ2n) is 6.02. The lowest BCUT2D eigenvalue weighted by molar-refractivity contribution is -0.136. The quantitative estimate of drug-likeness (QED) is 0.723. The second kappa shape index (κ2) is 4.25. The highest BCUT2D eigenvalue weighted by molar-refractivity contribution is 5.80. The topological polar surface area (TPSA) is 52.6 Å². The van der Waals surface area contributed by atoms with Crippen LogP contribution in [0.2, 0.25) is 0 Å². The van der Waals surface area contributed by atoms with Gasteiger partial charge in [-0.05, 0) is 18.3 Å². The summed E-state index contributed by atoms with van der Waals surface area (Å²) in [6.07, 6.45) is 4.93. The number of nitrogens with zero attached hydrogens (tertiary/aromatic N) is 1. The minimum absolute atomic E-state index is 0.200. The number of aliphatic hydroxyl groups excluding tert-OH is 1. The van der Waals surface area contributed by atoms with Gasteiger partial charge >= 0.3 is 0 Å². The van der Waals surface area contributed by atoms with Gasteiger partial charge in [0.25, 0.3) is 0 Å². The molecule has 2 saturated heterocycles. The van der Waals surface area contributed by atoms with Crippen molar-refractivity contribution in [3.05, 3.63) is 0 Å². The zero-order valence-electron chi connectivity index (χ0n) is 10.3. The van der Waals surface area contributed by atoms with Crippen LogP contribution in [0, 0.1) is 17.3 Å². The van der Waals surface area contributed by atoms with Gasteiger partial charge in [0.05, 0.1) is 5.92 Å². The fraction of sp³-hybridized carbons (Fsp3) is 0.923. The van der Waals surface area contributed by atoms with E-state index in [0.717, 1.165) is 26.2 Å². The van der Waals surface area contributed by atoms with Crippen LogP contribution in [-0.4, -0.2) is 48.7 Å². The Balaban J connectivity index is 1.70. The number of aliphatic hydroxyl groups is 1. The minimum atomic E-state index is 0.200.